The molecule has 0 aliphatic heterocycles. The molecule has 2 aromatic rings. The lowest BCUT2D eigenvalue weighted by atomic mass is 9.85. The molecule has 0 fully saturated rings. The first-order valence-corrected chi connectivity index (χ1v) is 10.5. The fourth-order valence-electron chi connectivity index (χ4n) is 2.83. The second-order valence-electron chi connectivity index (χ2n) is 9.01. The van der Waals surface area contributed by atoms with Gasteiger partial charge in [-0.15, -0.1) is 0 Å². The number of rotatable bonds is 4. The number of hydrogen-bond donors (Lipinski definition) is 2. The first kappa shape index (κ1) is 22.0. The molecular weight excluding hydrogens is 376 g/mol. The van der Waals surface area contributed by atoms with Crippen LogP contribution < -0.4 is 0 Å². The van der Waals surface area contributed by atoms with Crippen molar-refractivity contribution in [2.24, 2.45) is 0 Å². The molecule has 0 bridgehead atoms. The molecule has 0 heterocycles. The molecular formula is C22H30O3S2. The summed E-state index contributed by atoms with van der Waals surface area (Å²) in [5.41, 5.74) is 3.22. The zero-order chi connectivity index (χ0) is 20.6. The number of aryl methyl sites for hydroxylation is 2. The normalized spacial score (nSPS) is 12.4. The van der Waals surface area contributed by atoms with E-state index in [0.29, 0.717) is 11.5 Å². The van der Waals surface area contributed by atoms with Gasteiger partial charge in [-0.3, -0.25) is 0 Å². The monoisotopic (exact) mass is 406 g/mol. The van der Waals surface area contributed by atoms with Gasteiger partial charge < -0.3 is 10.2 Å². The van der Waals surface area contributed by atoms with E-state index in [-0.39, 0.29) is 10.8 Å². The van der Waals surface area contributed by atoms with Crippen molar-refractivity contribution in [2.45, 2.75) is 76.0 Å². The summed E-state index contributed by atoms with van der Waals surface area (Å²) in [6.07, 6.45) is 0. The highest BCUT2D eigenvalue weighted by Crippen LogP contribution is 2.41. The molecule has 27 heavy (non-hydrogen) atoms. The standard InChI is InChI=1S/C22H30O3S2/c1-13-9-15(11-17(19(13)23)21(3,4)5)26-25-27-16-10-14(2)20(24)18(12-16)22(6,7)8/h9-12,23-24H,1-8H3. The van der Waals surface area contributed by atoms with Gasteiger partial charge in [-0.2, -0.15) is 0 Å². The number of phenolic OH excluding ortho intramolecular Hbond substituents is 2. The summed E-state index contributed by atoms with van der Waals surface area (Å²) >= 11 is 2.56. The van der Waals surface area contributed by atoms with Crippen LogP contribution in [0.1, 0.15) is 63.8 Å². The van der Waals surface area contributed by atoms with Gasteiger partial charge in [0.05, 0.1) is 0 Å². The average molecular weight is 407 g/mol. The molecule has 0 saturated heterocycles. The zero-order valence-electron chi connectivity index (χ0n) is 17.4. The van der Waals surface area contributed by atoms with Gasteiger partial charge in [-0.1, -0.05) is 41.5 Å². The van der Waals surface area contributed by atoms with E-state index < -0.39 is 0 Å². The molecule has 0 unspecified atom stereocenters. The van der Waals surface area contributed by atoms with E-state index in [4.69, 9.17) is 3.63 Å². The zero-order valence-corrected chi connectivity index (χ0v) is 19.1. The Morgan fingerprint density at radius 1 is 0.667 bits per heavy atom. The SMILES string of the molecule is Cc1cc(SOSc2cc(C)c(O)c(C(C)(C)C)c2)cc(C(C)(C)C)c1O. The number of hydrogen-bond acceptors (Lipinski definition) is 5. The van der Waals surface area contributed by atoms with E-state index in [2.05, 4.69) is 41.5 Å². The predicted octanol–water partition coefficient (Wildman–Crippen LogP) is 7.04. The third kappa shape index (κ3) is 5.37. The fourth-order valence-corrected chi connectivity index (χ4v) is 4.37. The number of benzene rings is 2. The summed E-state index contributed by atoms with van der Waals surface area (Å²) in [7, 11) is 0. The Labute approximate surface area is 172 Å². The van der Waals surface area contributed by atoms with Gasteiger partial charge in [0, 0.05) is 45.0 Å². The Morgan fingerprint density at radius 2 is 1.00 bits per heavy atom. The lowest BCUT2D eigenvalue weighted by Gasteiger charge is -2.23. The highest BCUT2D eigenvalue weighted by atomic mass is 32.2. The van der Waals surface area contributed by atoms with Crippen molar-refractivity contribution in [3.05, 3.63) is 46.5 Å². The number of aromatic hydroxyl groups is 2. The van der Waals surface area contributed by atoms with Crippen LogP contribution in [0.4, 0.5) is 0 Å². The molecule has 0 radical (unpaired) electrons. The van der Waals surface area contributed by atoms with Gasteiger partial charge in [0.25, 0.3) is 0 Å². The Kier molecular flexibility index (Phi) is 6.50. The highest BCUT2D eigenvalue weighted by Gasteiger charge is 2.22. The van der Waals surface area contributed by atoms with E-state index >= 15 is 0 Å². The van der Waals surface area contributed by atoms with Crippen LogP contribution in [0.15, 0.2) is 34.1 Å². The number of phenols is 2. The minimum Gasteiger partial charge on any atom is -0.507 e. The summed E-state index contributed by atoms with van der Waals surface area (Å²) in [4.78, 5) is 1.91. The quantitative estimate of drug-likeness (QED) is 0.533. The lowest BCUT2D eigenvalue weighted by molar-refractivity contribution is 0.441. The third-order valence-electron chi connectivity index (χ3n) is 4.42. The smallest absolute Gasteiger partial charge is 0.122 e. The van der Waals surface area contributed by atoms with Crippen LogP contribution in [-0.4, -0.2) is 10.2 Å². The van der Waals surface area contributed by atoms with Crippen molar-refractivity contribution in [1.29, 1.82) is 0 Å². The van der Waals surface area contributed by atoms with E-state index in [9.17, 15) is 10.2 Å². The molecule has 0 aromatic heterocycles. The van der Waals surface area contributed by atoms with E-state index in [1.54, 1.807) is 0 Å². The van der Waals surface area contributed by atoms with Gasteiger partial charge in [-0.25, -0.2) is 3.63 Å². The second kappa shape index (κ2) is 7.98. The second-order valence-corrected chi connectivity index (χ2v) is 10.8. The van der Waals surface area contributed by atoms with Gasteiger partial charge in [-0.05, 0) is 60.1 Å². The molecule has 2 rings (SSSR count). The van der Waals surface area contributed by atoms with Crippen molar-refractivity contribution in [3.63, 3.8) is 0 Å². The van der Waals surface area contributed by atoms with Gasteiger partial charge >= 0.3 is 0 Å². The molecule has 5 heteroatoms. The first-order chi connectivity index (χ1) is 12.3. The topological polar surface area (TPSA) is 49.7 Å². The van der Waals surface area contributed by atoms with Crippen molar-refractivity contribution in [2.75, 3.05) is 0 Å². The van der Waals surface area contributed by atoms with Crippen LogP contribution in [0.2, 0.25) is 0 Å². The third-order valence-corrected chi connectivity index (χ3v) is 5.83. The first-order valence-electron chi connectivity index (χ1n) is 9.00. The molecule has 0 spiro atoms. The summed E-state index contributed by atoms with van der Waals surface area (Å²) in [5.74, 6) is 0.701. The summed E-state index contributed by atoms with van der Waals surface area (Å²) in [6.45, 7) is 16.3. The minimum atomic E-state index is -0.145. The van der Waals surface area contributed by atoms with Gasteiger partial charge in [0.15, 0.2) is 0 Å². The van der Waals surface area contributed by atoms with Gasteiger partial charge in [0.2, 0.25) is 0 Å². The Hall–Kier alpha value is -1.30. The summed E-state index contributed by atoms with van der Waals surface area (Å²) in [6, 6.07) is 7.82. The average Bonchev–Trinajstić information content (AvgIpc) is 2.51. The van der Waals surface area contributed by atoms with Crippen LogP contribution in [0, 0.1) is 13.8 Å². The van der Waals surface area contributed by atoms with E-state index in [0.717, 1.165) is 32.0 Å². The van der Waals surface area contributed by atoms with Crippen LogP contribution >= 0.6 is 24.1 Å². The Morgan fingerprint density at radius 3 is 1.30 bits per heavy atom. The van der Waals surface area contributed by atoms with Crippen molar-refractivity contribution < 1.29 is 13.8 Å². The van der Waals surface area contributed by atoms with E-state index in [1.165, 1.54) is 24.1 Å². The van der Waals surface area contributed by atoms with Crippen LogP contribution in [0.25, 0.3) is 0 Å². The molecule has 2 N–H and O–H groups in total. The highest BCUT2D eigenvalue weighted by molar-refractivity contribution is 8.07. The molecule has 0 atom stereocenters. The molecule has 2 aromatic carbocycles. The minimum absolute atomic E-state index is 0.145. The molecule has 3 nitrogen and oxygen atoms in total. The molecule has 0 aliphatic carbocycles. The van der Waals surface area contributed by atoms with E-state index in [1.807, 2.05) is 38.1 Å². The van der Waals surface area contributed by atoms with Gasteiger partial charge in [0.1, 0.15) is 11.5 Å². The van der Waals surface area contributed by atoms with Crippen molar-refractivity contribution >= 4 is 24.1 Å². The van der Waals surface area contributed by atoms with Crippen molar-refractivity contribution in [1.82, 2.24) is 0 Å². The van der Waals surface area contributed by atoms with Crippen LogP contribution in [0.5, 0.6) is 11.5 Å². The Bertz CT molecular complexity index is 761. The Balaban J connectivity index is 2.18. The van der Waals surface area contributed by atoms with Crippen molar-refractivity contribution in [3.8, 4) is 11.5 Å². The maximum absolute atomic E-state index is 10.3. The largest absolute Gasteiger partial charge is 0.507 e. The van der Waals surface area contributed by atoms with Crippen LogP contribution in [0.3, 0.4) is 0 Å². The molecule has 148 valence electrons. The van der Waals surface area contributed by atoms with Crippen LogP contribution in [-0.2, 0) is 14.5 Å². The summed E-state index contributed by atoms with van der Waals surface area (Å²) < 4.78 is 5.80. The lowest BCUT2D eigenvalue weighted by Crippen LogP contribution is -2.12. The molecule has 0 aliphatic rings. The fraction of sp³-hybridized carbons (Fsp3) is 0.455. The maximum Gasteiger partial charge on any atom is 0.122 e. The predicted molar refractivity (Wildman–Crippen MR) is 116 cm³/mol. The maximum atomic E-state index is 10.3. The molecule has 0 amide bonds. The summed E-state index contributed by atoms with van der Waals surface area (Å²) in [5, 5.41) is 20.7. The molecule has 0 saturated carbocycles.